The summed E-state index contributed by atoms with van der Waals surface area (Å²) >= 11 is 0. The molecule has 4 heterocycles. The zero-order valence-electron chi connectivity index (χ0n) is 20.0. The van der Waals surface area contributed by atoms with Crippen LogP contribution in [0.4, 0.5) is 11.5 Å². The molecule has 0 fully saturated rings. The van der Waals surface area contributed by atoms with Crippen molar-refractivity contribution in [1.82, 2.24) is 19.9 Å². The first-order valence-electron chi connectivity index (χ1n) is 12.0. The van der Waals surface area contributed by atoms with E-state index in [-0.39, 0.29) is 6.04 Å². The molecule has 2 aromatic carbocycles. The van der Waals surface area contributed by atoms with Gasteiger partial charge in [0, 0.05) is 40.6 Å². The lowest BCUT2D eigenvalue weighted by molar-refractivity contribution is 0.287. The number of benzene rings is 2. The van der Waals surface area contributed by atoms with Crippen LogP contribution in [0.2, 0.25) is 0 Å². The zero-order valence-corrected chi connectivity index (χ0v) is 20.0. The molecule has 0 saturated carbocycles. The lowest BCUT2D eigenvalue weighted by Crippen LogP contribution is -2.46. The number of aromatic amines is 2. The van der Waals surface area contributed by atoms with Crippen molar-refractivity contribution in [2.75, 3.05) is 11.5 Å². The lowest BCUT2D eigenvalue weighted by atomic mass is 10.1. The molecule has 0 radical (unpaired) electrons. The third-order valence-electron chi connectivity index (χ3n) is 6.50. The van der Waals surface area contributed by atoms with E-state index in [2.05, 4.69) is 37.1 Å². The number of aromatic nitrogens is 4. The Morgan fingerprint density at radius 3 is 2.73 bits per heavy atom. The molecule has 0 bridgehead atoms. The van der Waals surface area contributed by atoms with E-state index in [1.165, 1.54) is 10.9 Å². The van der Waals surface area contributed by atoms with E-state index in [1.54, 1.807) is 23.6 Å². The van der Waals surface area contributed by atoms with E-state index in [0.717, 1.165) is 28.0 Å². The van der Waals surface area contributed by atoms with Crippen LogP contribution in [-0.4, -0.2) is 38.5 Å². The number of rotatable bonds is 7. The maximum Gasteiger partial charge on any atom is 0.204 e. The number of anilines is 1. The number of nitrogens with zero attached hydrogens (tertiary/aromatic N) is 4. The molecule has 8 N–H and O–H groups in total. The highest BCUT2D eigenvalue weighted by Gasteiger charge is 2.29. The minimum Gasteiger partial charge on any atom is -0.490 e. The molecule has 6 rings (SSSR count). The number of hydrogen-bond acceptors (Lipinski definition) is 8. The quantitative estimate of drug-likeness (QED) is 0.232. The van der Waals surface area contributed by atoms with E-state index < -0.39 is 6.17 Å². The molecule has 0 amide bonds. The molecule has 10 nitrogen and oxygen atoms in total. The minimum absolute atomic E-state index is 0.154. The fourth-order valence-electron chi connectivity index (χ4n) is 4.65. The maximum absolute atomic E-state index is 6.41. The van der Waals surface area contributed by atoms with Gasteiger partial charge in [-0.05, 0) is 41.8 Å². The van der Waals surface area contributed by atoms with Gasteiger partial charge in [0.25, 0.3) is 0 Å². The smallest absolute Gasteiger partial charge is 0.204 e. The van der Waals surface area contributed by atoms with E-state index >= 15 is 0 Å². The van der Waals surface area contributed by atoms with Gasteiger partial charge in [0.15, 0.2) is 5.82 Å². The summed E-state index contributed by atoms with van der Waals surface area (Å²) in [6, 6.07) is 17.9. The number of aliphatic imine (C=N–C) groups is 1. The van der Waals surface area contributed by atoms with E-state index in [0.29, 0.717) is 30.6 Å². The van der Waals surface area contributed by atoms with Crippen molar-refractivity contribution in [3.05, 3.63) is 90.8 Å². The molecule has 3 aromatic heterocycles. The second-order valence-electron chi connectivity index (χ2n) is 9.02. The van der Waals surface area contributed by atoms with Crippen molar-refractivity contribution >= 4 is 28.4 Å². The number of nitrogens with one attached hydrogen (secondary N) is 2. The van der Waals surface area contributed by atoms with Crippen LogP contribution in [0.15, 0.2) is 84.5 Å². The predicted molar refractivity (Wildman–Crippen MR) is 144 cm³/mol. The number of ether oxygens (including phenoxy) is 1. The van der Waals surface area contributed by atoms with Gasteiger partial charge >= 0.3 is 0 Å². The van der Waals surface area contributed by atoms with Gasteiger partial charge in [-0.2, -0.15) is 4.99 Å². The molecule has 1 unspecified atom stereocenters. The molecule has 1 aliphatic heterocycles. The Morgan fingerprint density at radius 1 is 1.03 bits per heavy atom. The van der Waals surface area contributed by atoms with Crippen LogP contribution < -0.4 is 26.8 Å². The van der Waals surface area contributed by atoms with Crippen molar-refractivity contribution in [3.63, 3.8) is 0 Å². The summed E-state index contributed by atoms with van der Waals surface area (Å²) in [6.07, 6.45) is 7.28. The van der Waals surface area contributed by atoms with Crippen LogP contribution >= 0.6 is 0 Å². The molecule has 2 atom stereocenters. The Bertz CT molecular complexity index is 1570. The Morgan fingerprint density at radius 2 is 1.86 bits per heavy atom. The van der Waals surface area contributed by atoms with Crippen LogP contribution in [0.5, 0.6) is 5.75 Å². The number of guanidine groups is 1. The van der Waals surface area contributed by atoms with Crippen LogP contribution in [0, 0.1) is 0 Å². The van der Waals surface area contributed by atoms with Crippen LogP contribution in [0.3, 0.4) is 0 Å². The van der Waals surface area contributed by atoms with Gasteiger partial charge in [0.05, 0.1) is 18.2 Å². The average Bonchev–Trinajstić information content (AvgIpc) is 3.55. The summed E-state index contributed by atoms with van der Waals surface area (Å²) in [5.41, 5.74) is 24.7. The first kappa shape index (κ1) is 22.8. The Kier molecular flexibility index (Phi) is 5.79. The summed E-state index contributed by atoms with van der Waals surface area (Å²) in [6.45, 7) is 0.380. The number of hydrogen-bond donors (Lipinski definition) is 5. The van der Waals surface area contributed by atoms with Crippen molar-refractivity contribution in [3.8, 4) is 16.9 Å². The average molecular weight is 494 g/mol. The lowest BCUT2D eigenvalue weighted by Gasteiger charge is -2.32. The summed E-state index contributed by atoms with van der Waals surface area (Å²) in [5.74, 6) is 1.47. The monoisotopic (exact) mass is 493 g/mol. The molecule has 10 heteroatoms. The van der Waals surface area contributed by atoms with Gasteiger partial charge in [0.2, 0.25) is 5.96 Å². The van der Waals surface area contributed by atoms with Gasteiger partial charge in [0.1, 0.15) is 18.5 Å². The second kappa shape index (κ2) is 9.41. The highest BCUT2D eigenvalue weighted by atomic mass is 16.5. The first-order valence-corrected chi connectivity index (χ1v) is 12.0. The van der Waals surface area contributed by atoms with Crippen LogP contribution in [-0.2, 0) is 6.42 Å². The minimum atomic E-state index is -0.507. The number of fused-ring (bicyclic) bond motifs is 2. The second-order valence-corrected chi connectivity index (χ2v) is 9.02. The molecule has 186 valence electrons. The van der Waals surface area contributed by atoms with Gasteiger partial charge in [-0.3, -0.25) is 9.88 Å². The summed E-state index contributed by atoms with van der Waals surface area (Å²) < 4.78 is 6.00. The summed E-state index contributed by atoms with van der Waals surface area (Å²) in [5, 5.41) is 1.19. The van der Waals surface area contributed by atoms with Crippen LogP contribution in [0.25, 0.3) is 22.0 Å². The van der Waals surface area contributed by atoms with Crippen molar-refractivity contribution in [2.45, 2.75) is 18.6 Å². The summed E-state index contributed by atoms with van der Waals surface area (Å²) in [4.78, 5) is 20.9. The zero-order chi connectivity index (χ0) is 25.4. The third-order valence-corrected chi connectivity index (χ3v) is 6.50. The largest absolute Gasteiger partial charge is 0.490 e. The third kappa shape index (κ3) is 4.39. The van der Waals surface area contributed by atoms with Gasteiger partial charge < -0.3 is 31.9 Å². The van der Waals surface area contributed by atoms with E-state index in [4.69, 9.17) is 21.9 Å². The predicted octanol–water partition coefficient (Wildman–Crippen LogP) is 3.33. The van der Waals surface area contributed by atoms with E-state index in [1.807, 2.05) is 48.7 Å². The van der Waals surface area contributed by atoms with Crippen LogP contribution in [0.1, 0.15) is 17.4 Å². The molecular weight excluding hydrogens is 466 g/mol. The standard InChI is InChI=1S/C27H27N9O/c28-19(9-18-12-32-23-4-2-1-3-22(18)23)14-37-21-10-17(11-31-13-21)16-5-7-20(8-6-16)36-25(29)24-26(34-15-33-24)35-27(36)30/h1-8,10-13,15,19,25,32H,9,14,28-29H2,(H2,30,35)(H,33,34)/t19-,25?/m1/s1. The molecule has 0 saturated heterocycles. The fraction of sp³-hybridized carbons (Fsp3) is 0.148. The fourth-order valence-corrected chi connectivity index (χ4v) is 4.65. The Hall–Kier alpha value is -4.67. The molecule has 0 aliphatic carbocycles. The highest BCUT2D eigenvalue weighted by molar-refractivity contribution is 5.98. The number of para-hydroxylation sites is 1. The number of pyridine rings is 1. The number of imidazole rings is 1. The van der Waals surface area contributed by atoms with Crippen molar-refractivity contribution in [1.29, 1.82) is 0 Å². The highest BCUT2D eigenvalue weighted by Crippen LogP contribution is 2.33. The summed E-state index contributed by atoms with van der Waals surface area (Å²) in [7, 11) is 0. The number of nitrogens with two attached hydrogens (primary N) is 3. The first-order chi connectivity index (χ1) is 18.1. The molecular formula is C27H27N9O. The molecule has 0 spiro atoms. The van der Waals surface area contributed by atoms with Crippen molar-refractivity contribution in [2.24, 2.45) is 22.2 Å². The molecule has 1 aliphatic rings. The Balaban J connectivity index is 1.13. The van der Waals surface area contributed by atoms with E-state index in [9.17, 15) is 0 Å². The Labute approximate surface area is 213 Å². The topological polar surface area (TPSA) is 160 Å². The van der Waals surface area contributed by atoms with Gasteiger partial charge in [-0.25, -0.2) is 4.98 Å². The maximum atomic E-state index is 6.41. The molecule has 5 aromatic rings. The van der Waals surface area contributed by atoms with Gasteiger partial charge in [-0.1, -0.05) is 30.3 Å². The number of H-pyrrole nitrogens is 2. The SMILES string of the molecule is NC1=Nc2nc[nH]c2C(N)N1c1ccc(-c2cncc(OC[C@H](N)Cc3c[nH]c4ccccc34)c2)cc1. The van der Waals surface area contributed by atoms with Gasteiger partial charge in [-0.15, -0.1) is 0 Å². The normalized spacial score (nSPS) is 15.9. The molecule has 37 heavy (non-hydrogen) atoms. The van der Waals surface area contributed by atoms with Crippen molar-refractivity contribution < 1.29 is 4.74 Å².